The summed E-state index contributed by atoms with van der Waals surface area (Å²) in [6, 6.07) is 15.3. The van der Waals surface area contributed by atoms with Crippen molar-refractivity contribution < 1.29 is 24.0 Å². The van der Waals surface area contributed by atoms with Crippen LogP contribution in [0, 0.1) is 0 Å². The zero-order valence-corrected chi connectivity index (χ0v) is 18.7. The number of hydrogen-bond acceptors (Lipinski definition) is 4. The molecule has 2 atom stereocenters. The Morgan fingerprint density at radius 2 is 1.61 bits per heavy atom. The van der Waals surface area contributed by atoms with Gasteiger partial charge in [0, 0.05) is 5.56 Å². The van der Waals surface area contributed by atoms with Crippen LogP contribution in [0.4, 0.5) is 4.79 Å². The van der Waals surface area contributed by atoms with Crippen molar-refractivity contribution in [2.24, 2.45) is 0 Å². The fourth-order valence-corrected chi connectivity index (χ4v) is 3.79. The highest BCUT2D eigenvalue weighted by Crippen LogP contribution is 2.23. The van der Waals surface area contributed by atoms with Crippen LogP contribution in [0.5, 0.6) is 11.5 Å². The molecule has 3 rings (SSSR count). The standard InChI is InChI=1S/C24H31N3O4/c1-5-31-21-12-8-19(9-13-21)16-26(3)17-27-22(28)24(2,25-23(27)29)15-14-18-6-10-20(30-4)11-7-18/h6-13H,5,14-17H2,1-4H3,(H,25,29)/p+1/t24-/m0/s1. The van der Waals surface area contributed by atoms with Crippen LogP contribution in [-0.2, 0) is 17.8 Å². The lowest BCUT2D eigenvalue weighted by atomic mass is 9.93. The molecule has 0 aliphatic carbocycles. The van der Waals surface area contributed by atoms with Crippen molar-refractivity contribution in [1.29, 1.82) is 0 Å². The lowest BCUT2D eigenvalue weighted by Gasteiger charge is -2.23. The van der Waals surface area contributed by atoms with Crippen LogP contribution in [0.3, 0.4) is 0 Å². The second kappa shape index (κ2) is 9.83. The Labute approximate surface area is 183 Å². The number of hydrogen-bond donors (Lipinski definition) is 2. The number of amides is 3. The van der Waals surface area contributed by atoms with Gasteiger partial charge >= 0.3 is 6.03 Å². The second-order valence-electron chi connectivity index (χ2n) is 8.21. The number of nitrogens with one attached hydrogen (secondary N) is 2. The molecule has 7 heteroatoms. The molecule has 166 valence electrons. The van der Waals surface area contributed by atoms with Gasteiger partial charge in [0.2, 0.25) is 0 Å². The second-order valence-corrected chi connectivity index (χ2v) is 8.21. The average Bonchev–Trinajstić information content (AvgIpc) is 2.97. The summed E-state index contributed by atoms with van der Waals surface area (Å²) in [7, 11) is 3.61. The highest BCUT2D eigenvalue weighted by Gasteiger charge is 2.48. The van der Waals surface area contributed by atoms with E-state index < -0.39 is 5.54 Å². The molecule has 0 saturated carbocycles. The number of benzene rings is 2. The van der Waals surface area contributed by atoms with Crippen molar-refractivity contribution in [2.75, 3.05) is 27.4 Å². The van der Waals surface area contributed by atoms with E-state index in [0.29, 0.717) is 32.7 Å². The molecular weight excluding hydrogens is 394 g/mol. The molecule has 31 heavy (non-hydrogen) atoms. The fourth-order valence-electron chi connectivity index (χ4n) is 3.79. The van der Waals surface area contributed by atoms with E-state index in [1.165, 1.54) is 4.90 Å². The first-order valence-electron chi connectivity index (χ1n) is 10.6. The maximum absolute atomic E-state index is 13.1. The predicted molar refractivity (Wildman–Crippen MR) is 118 cm³/mol. The number of imide groups is 1. The van der Waals surface area contributed by atoms with Gasteiger partial charge in [-0.05, 0) is 68.7 Å². The zero-order chi connectivity index (χ0) is 22.4. The molecule has 1 saturated heterocycles. The predicted octanol–water partition coefficient (Wildman–Crippen LogP) is 2.01. The first-order valence-corrected chi connectivity index (χ1v) is 10.6. The smallest absolute Gasteiger partial charge is 0.329 e. The number of quaternary nitrogens is 1. The minimum Gasteiger partial charge on any atom is -0.497 e. The summed E-state index contributed by atoms with van der Waals surface area (Å²) < 4.78 is 10.7. The monoisotopic (exact) mass is 426 g/mol. The van der Waals surface area contributed by atoms with Crippen LogP contribution in [0.25, 0.3) is 0 Å². The number of aryl methyl sites for hydroxylation is 1. The van der Waals surface area contributed by atoms with E-state index in [4.69, 9.17) is 9.47 Å². The maximum atomic E-state index is 13.1. The first-order chi connectivity index (χ1) is 14.8. The molecule has 7 nitrogen and oxygen atoms in total. The Balaban J connectivity index is 1.56. The Kier molecular flexibility index (Phi) is 7.17. The molecule has 1 unspecified atom stereocenters. The van der Waals surface area contributed by atoms with Crippen molar-refractivity contribution in [2.45, 2.75) is 38.8 Å². The Hall–Kier alpha value is -3.06. The highest BCUT2D eigenvalue weighted by molar-refractivity contribution is 6.06. The topological polar surface area (TPSA) is 72.3 Å². The molecule has 0 radical (unpaired) electrons. The number of carbonyl (C=O) groups is 2. The molecule has 2 N–H and O–H groups in total. The lowest BCUT2D eigenvalue weighted by Crippen LogP contribution is -3.09. The molecule has 0 aromatic heterocycles. The molecule has 2 aromatic carbocycles. The van der Waals surface area contributed by atoms with Crippen molar-refractivity contribution in [3.63, 3.8) is 0 Å². The van der Waals surface area contributed by atoms with Crippen LogP contribution in [-0.4, -0.2) is 49.8 Å². The molecule has 2 aromatic rings. The molecule has 1 aliphatic heterocycles. The normalized spacial score (nSPS) is 19.3. The van der Waals surface area contributed by atoms with Crippen molar-refractivity contribution in [3.8, 4) is 11.5 Å². The van der Waals surface area contributed by atoms with Crippen LogP contribution in [0.1, 0.15) is 31.4 Å². The fraction of sp³-hybridized carbons (Fsp3) is 0.417. The van der Waals surface area contributed by atoms with Crippen LogP contribution in [0.2, 0.25) is 0 Å². The van der Waals surface area contributed by atoms with Gasteiger partial charge in [0.1, 0.15) is 23.6 Å². The molecule has 1 fully saturated rings. The van der Waals surface area contributed by atoms with Gasteiger partial charge in [-0.1, -0.05) is 12.1 Å². The van der Waals surface area contributed by atoms with Gasteiger partial charge in [-0.15, -0.1) is 0 Å². The molecule has 1 aliphatic rings. The summed E-state index contributed by atoms with van der Waals surface area (Å²) in [5.41, 5.74) is 1.33. The number of ether oxygens (including phenoxy) is 2. The SMILES string of the molecule is CCOc1ccc(C[NH+](C)CN2C(=O)N[C@@](C)(CCc3ccc(OC)cc3)C2=O)cc1. The number of carbonyl (C=O) groups excluding carboxylic acids is 2. The van der Waals surface area contributed by atoms with Gasteiger partial charge in [-0.25, -0.2) is 9.69 Å². The third-order valence-corrected chi connectivity index (χ3v) is 5.59. The zero-order valence-electron chi connectivity index (χ0n) is 18.7. The van der Waals surface area contributed by atoms with Crippen LogP contribution in [0.15, 0.2) is 48.5 Å². The summed E-state index contributed by atoms with van der Waals surface area (Å²) in [6.45, 7) is 5.41. The van der Waals surface area contributed by atoms with Gasteiger partial charge < -0.3 is 19.7 Å². The van der Waals surface area contributed by atoms with Crippen molar-refractivity contribution in [3.05, 3.63) is 59.7 Å². The summed E-state index contributed by atoms with van der Waals surface area (Å²) in [5.74, 6) is 1.47. The Morgan fingerprint density at radius 1 is 1.00 bits per heavy atom. The third-order valence-electron chi connectivity index (χ3n) is 5.59. The summed E-state index contributed by atoms with van der Waals surface area (Å²) in [4.78, 5) is 28.0. The van der Waals surface area contributed by atoms with Crippen LogP contribution < -0.4 is 19.7 Å². The van der Waals surface area contributed by atoms with E-state index >= 15 is 0 Å². The lowest BCUT2D eigenvalue weighted by molar-refractivity contribution is -0.901. The van der Waals surface area contributed by atoms with Crippen molar-refractivity contribution >= 4 is 11.9 Å². The average molecular weight is 427 g/mol. The van der Waals surface area contributed by atoms with Gasteiger partial charge in [0.25, 0.3) is 5.91 Å². The van der Waals surface area contributed by atoms with E-state index in [9.17, 15) is 9.59 Å². The molecule has 0 bridgehead atoms. The molecule has 0 spiro atoms. The van der Waals surface area contributed by atoms with E-state index in [0.717, 1.165) is 27.5 Å². The summed E-state index contributed by atoms with van der Waals surface area (Å²) in [6.07, 6.45) is 1.23. The summed E-state index contributed by atoms with van der Waals surface area (Å²) >= 11 is 0. The largest absolute Gasteiger partial charge is 0.497 e. The third kappa shape index (κ3) is 5.55. The van der Waals surface area contributed by atoms with Gasteiger partial charge in [-0.3, -0.25) is 4.79 Å². The first kappa shape index (κ1) is 22.6. The van der Waals surface area contributed by atoms with Gasteiger partial charge in [0.05, 0.1) is 20.8 Å². The number of nitrogens with zero attached hydrogens (tertiary/aromatic N) is 1. The number of rotatable bonds is 10. The Morgan fingerprint density at radius 3 is 2.23 bits per heavy atom. The highest BCUT2D eigenvalue weighted by atomic mass is 16.5. The van der Waals surface area contributed by atoms with E-state index in [2.05, 4.69) is 5.32 Å². The minimum atomic E-state index is -0.892. The van der Waals surface area contributed by atoms with E-state index in [-0.39, 0.29) is 11.9 Å². The van der Waals surface area contributed by atoms with Gasteiger partial charge in [0.15, 0.2) is 6.67 Å². The van der Waals surface area contributed by atoms with E-state index in [1.807, 2.05) is 62.5 Å². The Bertz CT molecular complexity index is 898. The van der Waals surface area contributed by atoms with Crippen molar-refractivity contribution in [1.82, 2.24) is 10.2 Å². The van der Waals surface area contributed by atoms with Gasteiger partial charge in [-0.2, -0.15) is 0 Å². The van der Waals surface area contributed by atoms with E-state index in [1.54, 1.807) is 14.0 Å². The maximum Gasteiger partial charge on any atom is 0.329 e. The summed E-state index contributed by atoms with van der Waals surface area (Å²) in [5, 5.41) is 2.90. The molecule has 3 amide bonds. The minimum absolute atomic E-state index is 0.169. The number of urea groups is 1. The number of methoxy groups -OCH3 is 1. The quantitative estimate of drug-likeness (QED) is 0.570. The molecule has 1 heterocycles. The van der Waals surface area contributed by atoms with Crippen LogP contribution >= 0.6 is 0 Å². The molecular formula is C24H32N3O4+.